The molecular weight excluding hydrogens is 277 g/mol. The zero-order valence-corrected chi connectivity index (χ0v) is 11.3. The molecule has 0 aliphatic carbocycles. The van der Waals surface area contributed by atoms with Crippen LogP contribution in [-0.2, 0) is 6.42 Å². The number of rotatable bonds is 4. The first-order valence-corrected chi connectivity index (χ1v) is 6.00. The summed E-state index contributed by atoms with van der Waals surface area (Å²) in [5.41, 5.74) is 7.60. The molecule has 0 fully saturated rings. The number of hydrogen-bond acceptors (Lipinski definition) is 2. The van der Waals surface area contributed by atoms with Gasteiger partial charge >= 0.3 is 0 Å². The lowest BCUT2D eigenvalue weighted by molar-refractivity contribution is 0.406. The van der Waals surface area contributed by atoms with E-state index >= 15 is 0 Å². The minimum Gasteiger partial charge on any atom is -0.495 e. The normalized spacial score (nSPS) is 10.5. The van der Waals surface area contributed by atoms with Gasteiger partial charge in [0.05, 0.1) is 11.6 Å². The van der Waals surface area contributed by atoms with Crippen molar-refractivity contribution in [1.82, 2.24) is 0 Å². The SMILES string of the molecule is COc1c(CCCN)cc(Cl)c(C)c1Br. The van der Waals surface area contributed by atoms with Crippen molar-refractivity contribution in [2.45, 2.75) is 19.8 Å². The molecule has 0 amide bonds. The first-order chi connectivity index (χ1) is 7.11. The van der Waals surface area contributed by atoms with Crippen molar-refractivity contribution in [2.24, 2.45) is 5.73 Å². The topological polar surface area (TPSA) is 35.2 Å². The summed E-state index contributed by atoms with van der Waals surface area (Å²) >= 11 is 9.60. The van der Waals surface area contributed by atoms with Crippen LogP contribution in [0, 0.1) is 6.92 Å². The van der Waals surface area contributed by atoms with Crippen LogP contribution in [0.25, 0.3) is 0 Å². The van der Waals surface area contributed by atoms with E-state index in [2.05, 4.69) is 15.9 Å². The maximum Gasteiger partial charge on any atom is 0.136 e. The quantitative estimate of drug-likeness (QED) is 0.924. The van der Waals surface area contributed by atoms with Gasteiger partial charge in [-0.1, -0.05) is 11.6 Å². The number of hydrogen-bond donors (Lipinski definition) is 1. The largest absolute Gasteiger partial charge is 0.495 e. The summed E-state index contributed by atoms with van der Waals surface area (Å²) in [5.74, 6) is 0.866. The van der Waals surface area contributed by atoms with Gasteiger partial charge in [-0.3, -0.25) is 0 Å². The Morgan fingerprint density at radius 3 is 2.73 bits per heavy atom. The molecule has 2 N–H and O–H groups in total. The zero-order chi connectivity index (χ0) is 11.4. The Labute approximate surface area is 104 Å². The Balaban J connectivity index is 3.13. The highest BCUT2D eigenvalue weighted by Gasteiger charge is 2.12. The first-order valence-electron chi connectivity index (χ1n) is 4.83. The van der Waals surface area contributed by atoms with E-state index in [1.807, 2.05) is 13.0 Å². The molecule has 0 saturated heterocycles. The molecule has 1 rings (SSSR count). The minimum atomic E-state index is 0.673. The fourth-order valence-electron chi connectivity index (χ4n) is 1.44. The van der Waals surface area contributed by atoms with Crippen molar-refractivity contribution in [3.05, 3.63) is 26.7 Å². The van der Waals surface area contributed by atoms with E-state index < -0.39 is 0 Å². The van der Waals surface area contributed by atoms with Crippen LogP contribution >= 0.6 is 27.5 Å². The number of nitrogens with two attached hydrogens (primary N) is 1. The van der Waals surface area contributed by atoms with Crippen LogP contribution < -0.4 is 10.5 Å². The average molecular weight is 293 g/mol. The minimum absolute atomic E-state index is 0.673. The molecule has 0 aliphatic heterocycles. The van der Waals surface area contributed by atoms with Crippen LogP contribution in [-0.4, -0.2) is 13.7 Å². The lowest BCUT2D eigenvalue weighted by Gasteiger charge is -2.13. The summed E-state index contributed by atoms with van der Waals surface area (Å²) < 4.78 is 6.30. The van der Waals surface area contributed by atoms with Crippen LogP contribution in [0.4, 0.5) is 0 Å². The lowest BCUT2D eigenvalue weighted by atomic mass is 10.1. The van der Waals surface area contributed by atoms with Crippen LogP contribution in [0.2, 0.25) is 5.02 Å². The predicted octanol–water partition coefficient (Wildman–Crippen LogP) is 3.31. The molecule has 15 heavy (non-hydrogen) atoms. The van der Waals surface area contributed by atoms with E-state index in [4.69, 9.17) is 22.1 Å². The van der Waals surface area contributed by atoms with Gasteiger partial charge in [-0.15, -0.1) is 0 Å². The predicted molar refractivity (Wildman–Crippen MR) is 67.8 cm³/mol. The lowest BCUT2D eigenvalue weighted by Crippen LogP contribution is -2.02. The smallest absolute Gasteiger partial charge is 0.136 e. The molecule has 0 aliphatic rings. The number of halogens is 2. The first kappa shape index (κ1) is 12.8. The molecule has 0 bridgehead atoms. The van der Waals surface area contributed by atoms with Gasteiger partial charge in [0.15, 0.2) is 0 Å². The van der Waals surface area contributed by atoms with Crippen molar-refractivity contribution in [1.29, 1.82) is 0 Å². The van der Waals surface area contributed by atoms with Crippen LogP contribution in [0.15, 0.2) is 10.5 Å². The zero-order valence-electron chi connectivity index (χ0n) is 8.94. The molecule has 0 aromatic heterocycles. The second-order valence-corrected chi connectivity index (χ2v) is 4.58. The Kier molecular flexibility index (Phi) is 4.90. The summed E-state index contributed by atoms with van der Waals surface area (Å²) in [6.07, 6.45) is 1.82. The van der Waals surface area contributed by atoms with E-state index in [0.717, 1.165) is 39.2 Å². The van der Waals surface area contributed by atoms with Crippen molar-refractivity contribution >= 4 is 27.5 Å². The molecule has 0 radical (unpaired) electrons. The van der Waals surface area contributed by atoms with E-state index in [9.17, 15) is 0 Å². The van der Waals surface area contributed by atoms with Crippen molar-refractivity contribution < 1.29 is 4.74 Å². The van der Waals surface area contributed by atoms with Crippen LogP contribution in [0.5, 0.6) is 5.75 Å². The number of ether oxygens (including phenoxy) is 1. The molecule has 1 aromatic rings. The van der Waals surface area contributed by atoms with E-state index in [-0.39, 0.29) is 0 Å². The number of aryl methyl sites for hydroxylation is 1. The van der Waals surface area contributed by atoms with Gasteiger partial charge in [0, 0.05) is 5.02 Å². The summed E-state index contributed by atoms with van der Waals surface area (Å²) in [6.45, 7) is 2.63. The fraction of sp³-hybridized carbons (Fsp3) is 0.455. The third kappa shape index (κ3) is 2.86. The highest BCUT2D eigenvalue weighted by atomic mass is 79.9. The fourth-order valence-corrected chi connectivity index (χ4v) is 2.41. The molecule has 4 heteroatoms. The molecule has 0 spiro atoms. The van der Waals surface area contributed by atoms with E-state index in [1.165, 1.54) is 0 Å². The Morgan fingerprint density at radius 1 is 1.53 bits per heavy atom. The van der Waals surface area contributed by atoms with Gasteiger partial charge in [0.1, 0.15) is 5.75 Å². The van der Waals surface area contributed by atoms with Crippen molar-refractivity contribution in [3.63, 3.8) is 0 Å². The van der Waals surface area contributed by atoms with Crippen molar-refractivity contribution in [3.8, 4) is 5.75 Å². The molecule has 0 saturated carbocycles. The van der Waals surface area contributed by atoms with Gasteiger partial charge in [-0.05, 0) is 59.4 Å². The molecule has 2 nitrogen and oxygen atoms in total. The summed E-state index contributed by atoms with van der Waals surface area (Å²) in [5, 5.41) is 0.759. The highest BCUT2D eigenvalue weighted by Crippen LogP contribution is 2.37. The molecule has 0 heterocycles. The molecular formula is C11H15BrClNO. The third-order valence-corrected chi connectivity index (χ3v) is 3.68. The Bertz CT molecular complexity index is 355. The standard InChI is InChI=1S/C11H15BrClNO/c1-7-9(13)6-8(4-3-5-14)11(15-2)10(7)12/h6H,3-5,14H2,1-2H3. The molecule has 1 aromatic carbocycles. The number of benzene rings is 1. The van der Waals surface area contributed by atoms with Gasteiger partial charge in [-0.2, -0.15) is 0 Å². The van der Waals surface area contributed by atoms with E-state index in [1.54, 1.807) is 7.11 Å². The van der Waals surface area contributed by atoms with Gasteiger partial charge in [0.25, 0.3) is 0 Å². The summed E-state index contributed by atoms with van der Waals surface area (Å²) in [4.78, 5) is 0. The highest BCUT2D eigenvalue weighted by molar-refractivity contribution is 9.10. The van der Waals surface area contributed by atoms with Crippen LogP contribution in [0.3, 0.4) is 0 Å². The Hall–Kier alpha value is -0.250. The molecule has 0 atom stereocenters. The molecule has 84 valence electrons. The second kappa shape index (κ2) is 5.73. The summed E-state index contributed by atoms with van der Waals surface area (Å²) in [7, 11) is 1.67. The van der Waals surface area contributed by atoms with Crippen molar-refractivity contribution in [2.75, 3.05) is 13.7 Å². The van der Waals surface area contributed by atoms with Gasteiger partial charge in [0.2, 0.25) is 0 Å². The molecule has 0 unspecified atom stereocenters. The summed E-state index contributed by atoms with van der Waals surface area (Å²) in [6, 6.07) is 1.95. The second-order valence-electron chi connectivity index (χ2n) is 3.38. The number of methoxy groups -OCH3 is 1. The van der Waals surface area contributed by atoms with E-state index in [0.29, 0.717) is 6.54 Å². The van der Waals surface area contributed by atoms with Crippen LogP contribution in [0.1, 0.15) is 17.5 Å². The maximum atomic E-state index is 6.11. The Morgan fingerprint density at radius 2 is 2.20 bits per heavy atom. The van der Waals surface area contributed by atoms with Gasteiger partial charge < -0.3 is 10.5 Å². The maximum absolute atomic E-state index is 6.11. The third-order valence-electron chi connectivity index (χ3n) is 2.33. The van der Waals surface area contributed by atoms with Gasteiger partial charge in [-0.25, -0.2) is 0 Å². The monoisotopic (exact) mass is 291 g/mol. The average Bonchev–Trinajstić information content (AvgIpc) is 2.23.